The molecule has 1 atom stereocenters. The minimum atomic E-state index is 0.427. The second kappa shape index (κ2) is 7.85. The van der Waals surface area contributed by atoms with Gasteiger partial charge in [-0.1, -0.05) is 43.3 Å². The average Bonchev–Trinajstić information content (AvgIpc) is 2.39. The zero-order chi connectivity index (χ0) is 13.4. The Hall–Kier alpha value is -1.38. The van der Waals surface area contributed by atoms with Gasteiger partial charge in [0.05, 0.1) is 0 Å². The summed E-state index contributed by atoms with van der Waals surface area (Å²) < 4.78 is 0. The molecule has 1 unspecified atom stereocenters. The van der Waals surface area contributed by atoms with Crippen molar-refractivity contribution in [2.45, 2.75) is 19.4 Å². The molecular weight excluding hydrogens is 220 g/mol. The lowest BCUT2D eigenvalue weighted by Crippen LogP contribution is -2.23. The highest BCUT2D eigenvalue weighted by Gasteiger charge is 2.05. The van der Waals surface area contributed by atoms with Crippen molar-refractivity contribution in [1.29, 1.82) is 0 Å². The van der Waals surface area contributed by atoms with Gasteiger partial charge in [0.15, 0.2) is 0 Å². The van der Waals surface area contributed by atoms with E-state index >= 15 is 0 Å². The van der Waals surface area contributed by atoms with Crippen LogP contribution in [0.2, 0.25) is 0 Å². The summed E-state index contributed by atoms with van der Waals surface area (Å²) >= 11 is 0. The van der Waals surface area contributed by atoms with Gasteiger partial charge in [-0.15, -0.1) is 13.2 Å². The van der Waals surface area contributed by atoms with Crippen LogP contribution >= 0.6 is 0 Å². The molecule has 2 N–H and O–H groups in total. The summed E-state index contributed by atoms with van der Waals surface area (Å²) in [5.74, 6) is 0.427. The van der Waals surface area contributed by atoms with Crippen LogP contribution < -0.4 is 5.73 Å². The Morgan fingerprint density at radius 2 is 1.72 bits per heavy atom. The molecule has 0 aromatic heterocycles. The van der Waals surface area contributed by atoms with Gasteiger partial charge >= 0.3 is 0 Å². The van der Waals surface area contributed by atoms with E-state index in [-0.39, 0.29) is 0 Å². The van der Waals surface area contributed by atoms with Crippen LogP contribution in [-0.2, 0) is 6.54 Å². The molecule has 2 heteroatoms. The van der Waals surface area contributed by atoms with E-state index in [4.69, 9.17) is 5.73 Å². The van der Waals surface area contributed by atoms with Crippen LogP contribution in [-0.4, -0.2) is 24.5 Å². The first-order valence-electron chi connectivity index (χ1n) is 6.44. The molecule has 0 saturated carbocycles. The number of hydrogen-bond donors (Lipinski definition) is 1. The molecule has 18 heavy (non-hydrogen) atoms. The molecule has 0 saturated heterocycles. The Labute approximate surface area is 111 Å². The number of rotatable bonds is 8. The van der Waals surface area contributed by atoms with Crippen molar-refractivity contribution in [1.82, 2.24) is 4.90 Å². The first-order chi connectivity index (χ1) is 8.71. The second-order valence-electron chi connectivity index (χ2n) is 4.65. The summed E-state index contributed by atoms with van der Waals surface area (Å²) in [5, 5.41) is 0. The van der Waals surface area contributed by atoms with E-state index in [0.29, 0.717) is 12.5 Å². The quantitative estimate of drug-likeness (QED) is 0.712. The van der Waals surface area contributed by atoms with Crippen LogP contribution in [0.4, 0.5) is 0 Å². The largest absolute Gasteiger partial charge is 0.330 e. The van der Waals surface area contributed by atoms with E-state index in [9.17, 15) is 0 Å². The van der Waals surface area contributed by atoms with Gasteiger partial charge in [0.25, 0.3) is 0 Å². The van der Waals surface area contributed by atoms with Gasteiger partial charge in [0.2, 0.25) is 0 Å². The predicted octanol–water partition coefficient (Wildman–Crippen LogP) is 2.92. The number of nitrogens with two attached hydrogens (primary N) is 1. The lowest BCUT2D eigenvalue weighted by atomic mass is 10.00. The maximum Gasteiger partial charge on any atom is 0.0240 e. The average molecular weight is 244 g/mol. The molecule has 0 bridgehead atoms. The monoisotopic (exact) mass is 244 g/mol. The maximum absolute atomic E-state index is 5.67. The zero-order valence-electron chi connectivity index (χ0n) is 11.3. The fourth-order valence-electron chi connectivity index (χ4n) is 1.91. The summed E-state index contributed by atoms with van der Waals surface area (Å²) in [5.41, 5.74) is 8.29. The molecule has 1 rings (SSSR count). The van der Waals surface area contributed by atoms with Crippen molar-refractivity contribution >= 4 is 0 Å². The van der Waals surface area contributed by atoms with E-state index in [1.54, 1.807) is 0 Å². The minimum Gasteiger partial charge on any atom is -0.330 e. The Balaban J connectivity index is 2.66. The molecule has 98 valence electrons. The molecular formula is C16H24N2. The lowest BCUT2D eigenvalue weighted by Gasteiger charge is -2.19. The van der Waals surface area contributed by atoms with Crippen molar-refractivity contribution in [3.63, 3.8) is 0 Å². The normalized spacial score (nSPS) is 12.4. The molecule has 0 aliphatic carbocycles. The zero-order valence-corrected chi connectivity index (χ0v) is 11.3. The Bertz CT molecular complexity index is 357. The maximum atomic E-state index is 5.67. The number of nitrogens with zero attached hydrogens (tertiary/aromatic N) is 1. The molecule has 0 amide bonds. The SMILES string of the molecule is C=CCN(CC=C)Cc1ccc(C(C)CN)cc1. The summed E-state index contributed by atoms with van der Waals surface area (Å²) in [6, 6.07) is 8.71. The third kappa shape index (κ3) is 4.47. The van der Waals surface area contributed by atoms with E-state index in [0.717, 1.165) is 19.6 Å². The van der Waals surface area contributed by atoms with Crippen molar-refractivity contribution < 1.29 is 0 Å². The van der Waals surface area contributed by atoms with Gasteiger partial charge in [-0.2, -0.15) is 0 Å². The van der Waals surface area contributed by atoms with Crippen LogP contribution in [0.25, 0.3) is 0 Å². The molecule has 0 radical (unpaired) electrons. The van der Waals surface area contributed by atoms with E-state index in [2.05, 4.69) is 49.2 Å². The van der Waals surface area contributed by atoms with Crippen molar-refractivity contribution in [3.05, 3.63) is 60.7 Å². The summed E-state index contributed by atoms with van der Waals surface area (Å²) in [6.45, 7) is 13.1. The molecule has 0 aliphatic rings. The third-order valence-electron chi connectivity index (χ3n) is 3.08. The highest BCUT2D eigenvalue weighted by molar-refractivity contribution is 5.25. The lowest BCUT2D eigenvalue weighted by molar-refractivity contribution is 0.328. The second-order valence-corrected chi connectivity index (χ2v) is 4.65. The molecule has 0 fully saturated rings. The van der Waals surface area contributed by atoms with Gasteiger partial charge in [-0.3, -0.25) is 4.90 Å². The number of benzene rings is 1. The van der Waals surface area contributed by atoms with Gasteiger partial charge in [0.1, 0.15) is 0 Å². The van der Waals surface area contributed by atoms with Crippen LogP contribution in [0.15, 0.2) is 49.6 Å². The Morgan fingerprint density at radius 1 is 1.17 bits per heavy atom. The highest BCUT2D eigenvalue weighted by Crippen LogP contribution is 2.15. The first kappa shape index (κ1) is 14.7. The highest BCUT2D eigenvalue weighted by atomic mass is 15.1. The van der Waals surface area contributed by atoms with Crippen molar-refractivity contribution in [2.24, 2.45) is 5.73 Å². The van der Waals surface area contributed by atoms with Gasteiger partial charge in [0, 0.05) is 19.6 Å². The summed E-state index contributed by atoms with van der Waals surface area (Å²) in [6.07, 6.45) is 3.85. The van der Waals surface area contributed by atoms with Crippen LogP contribution in [0, 0.1) is 0 Å². The molecule has 0 aliphatic heterocycles. The fourth-order valence-corrected chi connectivity index (χ4v) is 1.91. The fraction of sp³-hybridized carbons (Fsp3) is 0.375. The van der Waals surface area contributed by atoms with Gasteiger partial charge in [-0.25, -0.2) is 0 Å². The van der Waals surface area contributed by atoms with Gasteiger partial charge < -0.3 is 5.73 Å². The molecule has 1 aromatic carbocycles. The number of hydrogen-bond acceptors (Lipinski definition) is 2. The summed E-state index contributed by atoms with van der Waals surface area (Å²) in [7, 11) is 0. The Kier molecular flexibility index (Phi) is 6.40. The smallest absolute Gasteiger partial charge is 0.0240 e. The van der Waals surface area contributed by atoms with Crippen LogP contribution in [0.1, 0.15) is 24.0 Å². The van der Waals surface area contributed by atoms with Crippen molar-refractivity contribution in [3.8, 4) is 0 Å². The third-order valence-corrected chi connectivity index (χ3v) is 3.08. The van der Waals surface area contributed by atoms with Crippen LogP contribution in [0.5, 0.6) is 0 Å². The van der Waals surface area contributed by atoms with E-state index in [1.165, 1.54) is 11.1 Å². The Morgan fingerprint density at radius 3 is 2.17 bits per heavy atom. The molecule has 2 nitrogen and oxygen atoms in total. The molecule has 1 aromatic rings. The van der Waals surface area contributed by atoms with E-state index in [1.807, 2.05) is 12.2 Å². The summed E-state index contributed by atoms with van der Waals surface area (Å²) in [4.78, 5) is 2.29. The molecule has 0 heterocycles. The predicted molar refractivity (Wildman–Crippen MR) is 79.6 cm³/mol. The standard InChI is InChI=1S/C16H24N2/c1-4-10-18(11-5-2)13-15-6-8-16(9-7-15)14(3)12-17/h4-9,14H,1-2,10-13,17H2,3H3. The van der Waals surface area contributed by atoms with E-state index < -0.39 is 0 Å². The van der Waals surface area contributed by atoms with Gasteiger partial charge in [-0.05, 0) is 23.6 Å². The van der Waals surface area contributed by atoms with Crippen molar-refractivity contribution in [2.75, 3.05) is 19.6 Å². The minimum absolute atomic E-state index is 0.427. The molecule has 0 spiro atoms. The first-order valence-corrected chi connectivity index (χ1v) is 6.44. The van der Waals surface area contributed by atoms with Crippen LogP contribution in [0.3, 0.4) is 0 Å². The topological polar surface area (TPSA) is 29.3 Å².